The summed E-state index contributed by atoms with van der Waals surface area (Å²) in [5, 5.41) is 6.99. The number of benzene rings is 2. The first kappa shape index (κ1) is 26.1. The van der Waals surface area contributed by atoms with E-state index in [4.69, 9.17) is 0 Å². The molecule has 0 unspecified atom stereocenters. The van der Waals surface area contributed by atoms with Gasteiger partial charge in [-0.15, -0.1) is 0 Å². The first-order chi connectivity index (χ1) is 19.4. The third-order valence-electron chi connectivity index (χ3n) is 7.80. The highest BCUT2D eigenvalue weighted by Gasteiger charge is 2.20. The third-order valence-corrected chi connectivity index (χ3v) is 7.80. The van der Waals surface area contributed by atoms with E-state index in [9.17, 15) is 0 Å². The highest BCUT2D eigenvalue weighted by atomic mass is 15.0. The zero-order chi connectivity index (χ0) is 27.5. The largest absolute Gasteiger partial charge is 0.341 e. The minimum Gasteiger partial charge on any atom is -0.341 e. The molecule has 2 aliphatic heterocycles. The van der Waals surface area contributed by atoms with Gasteiger partial charge in [0, 0.05) is 11.1 Å². The van der Waals surface area contributed by atoms with Crippen LogP contribution >= 0.6 is 0 Å². The fourth-order valence-corrected chi connectivity index (χ4v) is 5.48. The van der Waals surface area contributed by atoms with Crippen LogP contribution in [0.25, 0.3) is 22.4 Å². The molecule has 0 amide bonds. The fraction of sp³-hybridized carbons (Fsp3) is 0.353. The van der Waals surface area contributed by atoms with Crippen LogP contribution in [0.2, 0.25) is 0 Å². The van der Waals surface area contributed by atoms with Crippen LogP contribution in [-0.4, -0.2) is 33.0 Å². The lowest BCUT2D eigenvalue weighted by atomic mass is 9.85. The number of nitrogens with zero attached hydrogens (tertiary/aromatic N) is 2. The Kier molecular flexibility index (Phi) is 7.30. The average molecular weight is 529 g/mol. The molecule has 4 aromatic rings. The maximum Gasteiger partial charge on any atom is 0.124 e. The van der Waals surface area contributed by atoms with E-state index in [1.54, 1.807) is 6.20 Å². The van der Waals surface area contributed by atoms with Crippen LogP contribution in [0, 0.1) is 23.7 Å². The Morgan fingerprint density at radius 2 is 1.50 bits per heavy atom. The van der Waals surface area contributed by atoms with E-state index in [0.29, 0.717) is 12.1 Å². The molecule has 4 N–H and O–H groups in total. The van der Waals surface area contributed by atoms with Crippen molar-refractivity contribution >= 4 is 0 Å². The molecule has 2 saturated heterocycles. The number of rotatable bonds is 4. The van der Waals surface area contributed by atoms with Crippen molar-refractivity contribution in [2.45, 2.75) is 64.0 Å². The molecule has 0 saturated carbocycles. The summed E-state index contributed by atoms with van der Waals surface area (Å²) in [7, 11) is 0. The Bertz CT molecular complexity index is 1620. The average Bonchev–Trinajstić information content (AvgIpc) is 3.77. The molecule has 6 nitrogen and oxygen atoms in total. The van der Waals surface area contributed by atoms with Gasteiger partial charge in [0.25, 0.3) is 0 Å². The Morgan fingerprint density at radius 3 is 2.23 bits per heavy atom. The Balaban J connectivity index is 1.32. The molecule has 2 aromatic heterocycles. The summed E-state index contributed by atoms with van der Waals surface area (Å²) < 4.78 is 0. The molecule has 202 valence electrons. The van der Waals surface area contributed by atoms with Crippen molar-refractivity contribution < 1.29 is 0 Å². The number of nitrogens with one attached hydrogen (secondary N) is 4. The molecule has 2 aromatic carbocycles. The van der Waals surface area contributed by atoms with E-state index < -0.39 is 0 Å². The van der Waals surface area contributed by atoms with Gasteiger partial charge in [-0.1, -0.05) is 57.0 Å². The zero-order valence-electron chi connectivity index (χ0n) is 23.5. The lowest BCUT2D eigenvalue weighted by Gasteiger charge is -2.20. The van der Waals surface area contributed by atoms with E-state index in [1.165, 1.54) is 18.4 Å². The summed E-state index contributed by atoms with van der Waals surface area (Å²) in [5.41, 5.74) is 7.42. The summed E-state index contributed by atoms with van der Waals surface area (Å²) >= 11 is 0. The number of aromatic nitrogens is 4. The lowest BCUT2D eigenvalue weighted by molar-refractivity contribution is 0.590. The second-order valence-electron chi connectivity index (χ2n) is 11.8. The molecule has 2 fully saturated rings. The van der Waals surface area contributed by atoms with Gasteiger partial charge in [-0.25, -0.2) is 9.97 Å². The van der Waals surface area contributed by atoms with Gasteiger partial charge >= 0.3 is 0 Å². The summed E-state index contributed by atoms with van der Waals surface area (Å²) in [4.78, 5) is 16.1. The predicted octanol–water partition coefficient (Wildman–Crippen LogP) is 6.02. The first-order valence-electron chi connectivity index (χ1n) is 14.3. The molecule has 6 heteroatoms. The molecule has 2 atom stereocenters. The first-order valence-corrected chi connectivity index (χ1v) is 14.3. The molecule has 4 heterocycles. The van der Waals surface area contributed by atoms with Crippen molar-refractivity contribution in [2.75, 3.05) is 13.1 Å². The van der Waals surface area contributed by atoms with Crippen LogP contribution in [0.15, 0.2) is 54.9 Å². The normalized spacial score (nSPS) is 18.7. The monoisotopic (exact) mass is 528 g/mol. The van der Waals surface area contributed by atoms with Crippen molar-refractivity contribution in [2.24, 2.45) is 0 Å². The van der Waals surface area contributed by atoms with Crippen LogP contribution in [0.5, 0.6) is 0 Å². The zero-order valence-corrected chi connectivity index (χ0v) is 23.5. The van der Waals surface area contributed by atoms with Gasteiger partial charge in [0.05, 0.1) is 30.2 Å². The minimum absolute atomic E-state index is 0.0500. The molecule has 0 spiro atoms. The van der Waals surface area contributed by atoms with E-state index in [2.05, 4.69) is 117 Å². The summed E-state index contributed by atoms with van der Waals surface area (Å²) in [6.45, 7) is 8.81. The summed E-state index contributed by atoms with van der Waals surface area (Å²) in [6, 6.07) is 15.8. The number of hydrogen-bond acceptors (Lipinski definition) is 4. The van der Waals surface area contributed by atoms with Crippen molar-refractivity contribution in [3.63, 3.8) is 0 Å². The quantitative estimate of drug-likeness (QED) is 0.244. The Morgan fingerprint density at radius 1 is 0.775 bits per heavy atom. The van der Waals surface area contributed by atoms with Gasteiger partial charge in [-0.3, -0.25) is 0 Å². The van der Waals surface area contributed by atoms with Gasteiger partial charge in [0.2, 0.25) is 0 Å². The summed E-state index contributed by atoms with van der Waals surface area (Å²) in [5.74, 6) is 14.5. The molecule has 2 aliphatic rings. The van der Waals surface area contributed by atoms with E-state index in [0.717, 1.165) is 71.2 Å². The number of aromatic amines is 2. The van der Waals surface area contributed by atoms with Gasteiger partial charge in [-0.2, -0.15) is 0 Å². The van der Waals surface area contributed by atoms with Gasteiger partial charge in [-0.05, 0) is 90.8 Å². The molecule has 0 aliphatic carbocycles. The lowest BCUT2D eigenvalue weighted by Crippen LogP contribution is -2.14. The standard InChI is InChI=1S/C34H36N6/c1-34(2,3)26-11-6-10-24(19-26)28-20-25(31-22-38-33(40-31)30-14-8-18-36-30)16-15-23(28)9-4-5-12-27-21-37-32(39-27)29-13-7-17-35-29/h6,10-11,15-16,19-22,29-30,35-36H,7-8,13-14,17-18H2,1-3H3,(H,37,39)(H,38,40)/t29-,30-/m0/s1. The Labute approximate surface area is 236 Å². The van der Waals surface area contributed by atoms with Crippen molar-refractivity contribution in [3.8, 4) is 46.1 Å². The fourth-order valence-electron chi connectivity index (χ4n) is 5.48. The van der Waals surface area contributed by atoms with Crippen LogP contribution < -0.4 is 10.6 Å². The number of H-pyrrole nitrogens is 2. The summed E-state index contributed by atoms with van der Waals surface area (Å²) in [6.07, 6.45) is 8.32. The van der Waals surface area contributed by atoms with Crippen molar-refractivity contribution in [1.82, 2.24) is 30.6 Å². The molecular formula is C34H36N6. The van der Waals surface area contributed by atoms with Crippen LogP contribution in [0.4, 0.5) is 0 Å². The second kappa shape index (κ2) is 11.2. The van der Waals surface area contributed by atoms with Crippen LogP contribution in [0.1, 0.15) is 87.0 Å². The molecule has 0 bridgehead atoms. The van der Waals surface area contributed by atoms with Gasteiger partial charge in [0.15, 0.2) is 0 Å². The maximum atomic E-state index is 4.69. The maximum absolute atomic E-state index is 4.69. The second-order valence-corrected chi connectivity index (χ2v) is 11.8. The van der Waals surface area contributed by atoms with E-state index in [1.807, 2.05) is 6.20 Å². The predicted molar refractivity (Wildman–Crippen MR) is 160 cm³/mol. The van der Waals surface area contributed by atoms with E-state index in [-0.39, 0.29) is 5.41 Å². The van der Waals surface area contributed by atoms with Crippen LogP contribution in [0.3, 0.4) is 0 Å². The number of hydrogen-bond donors (Lipinski definition) is 4. The van der Waals surface area contributed by atoms with E-state index >= 15 is 0 Å². The molecule has 40 heavy (non-hydrogen) atoms. The molecule has 6 rings (SSSR count). The minimum atomic E-state index is 0.0500. The van der Waals surface area contributed by atoms with Crippen molar-refractivity contribution in [1.29, 1.82) is 0 Å². The van der Waals surface area contributed by atoms with Crippen LogP contribution in [-0.2, 0) is 5.41 Å². The highest BCUT2D eigenvalue weighted by molar-refractivity contribution is 5.77. The van der Waals surface area contributed by atoms with Crippen molar-refractivity contribution in [3.05, 3.63) is 83.3 Å². The number of imidazole rings is 2. The Hall–Kier alpha value is -4.10. The smallest absolute Gasteiger partial charge is 0.124 e. The topological polar surface area (TPSA) is 81.4 Å². The molecular weight excluding hydrogens is 492 g/mol. The SMILES string of the molecule is CC(C)(C)c1cccc(-c2cc(-c3cnc([C@@H]4CCCN4)[nH]3)ccc2C#CC#Cc2cnc([C@@H]3CCCN3)[nH]2)c1. The highest BCUT2D eigenvalue weighted by Crippen LogP contribution is 2.33. The van der Waals surface area contributed by atoms with Gasteiger partial charge < -0.3 is 20.6 Å². The molecule has 0 radical (unpaired) electrons. The van der Waals surface area contributed by atoms with Gasteiger partial charge in [0.1, 0.15) is 17.3 Å². The third kappa shape index (κ3) is 5.75.